The fourth-order valence-electron chi connectivity index (χ4n) is 9.30. The number of rotatable bonds is 56. The normalized spacial score (nSPS) is 17.2. The van der Waals surface area contributed by atoms with Crippen molar-refractivity contribution in [2.75, 3.05) is 180 Å². The summed E-state index contributed by atoms with van der Waals surface area (Å²) >= 11 is 0. The predicted molar refractivity (Wildman–Crippen MR) is 316 cm³/mol. The second-order valence-corrected chi connectivity index (χ2v) is 21.3. The molecule has 18 heteroatoms. The van der Waals surface area contributed by atoms with Crippen molar-refractivity contribution in [2.24, 2.45) is 5.41 Å². The molecule has 82 heavy (non-hydrogen) atoms. The highest BCUT2D eigenvalue weighted by Gasteiger charge is 2.43. The highest BCUT2D eigenvalue weighted by Crippen LogP contribution is 2.44. The largest absolute Gasteiger partial charge is 0.493 e. The van der Waals surface area contributed by atoms with Crippen LogP contribution in [0.5, 0.6) is 28.7 Å². The van der Waals surface area contributed by atoms with Crippen LogP contribution >= 0.6 is 0 Å². The van der Waals surface area contributed by atoms with Gasteiger partial charge in [-0.1, -0.05) is 129 Å². The number of unbranched alkanes of at least 4 members (excludes halogenated alkanes) is 18. The zero-order chi connectivity index (χ0) is 58.1. The van der Waals surface area contributed by atoms with E-state index in [1.807, 2.05) is 30.3 Å². The zero-order valence-corrected chi connectivity index (χ0v) is 51.5. The smallest absolute Gasteiger partial charge is 0.203 e. The van der Waals surface area contributed by atoms with Crippen molar-refractivity contribution in [2.45, 2.75) is 155 Å². The molecular weight excluding hydrogens is 1060 g/mol. The Balaban J connectivity index is 1.39. The molecule has 0 aliphatic carbocycles. The Morgan fingerprint density at radius 2 is 0.610 bits per heavy atom. The molecule has 0 unspecified atom stereocenters. The van der Waals surface area contributed by atoms with Crippen LogP contribution in [-0.2, 0) is 61.6 Å². The summed E-state index contributed by atoms with van der Waals surface area (Å²) in [5.74, 6) is 2.82. The van der Waals surface area contributed by atoms with E-state index in [-0.39, 0.29) is 19.8 Å². The fourth-order valence-corrected chi connectivity index (χ4v) is 9.30. The molecule has 18 nitrogen and oxygen atoms in total. The maximum atomic E-state index is 6.54. The minimum absolute atomic E-state index is 0.221. The number of hydrogen-bond acceptors (Lipinski definition) is 18. The number of ether oxygens (including phenoxy) is 18. The van der Waals surface area contributed by atoms with Crippen LogP contribution in [0.3, 0.4) is 0 Å². The van der Waals surface area contributed by atoms with Gasteiger partial charge in [-0.15, -0.1) is 0 Å². The van der Waals surface area contributed by atoms with Crippen LogP contribution in [-0.4, -0.2) is 180 Å². The van der Waals surface area contributed by atoms with Crippen LogP contribution in [0.25, 0.3) is 0 Å². The lowest BCUT2D eigenvalue weighted by atomic mass is 9.90. The maximum Gasteiger partial charge on any atom is 0.203 e. The molecule has 0 N–H and O–H groups in total. The van der Waals surface area contributed by atoms with Gasteiger partial charge in [0.1, 0.15) is 31.3 Å². The molecule has 2 aromatic carbocycles. The van der Waals surface area contributed by atoms with Gasteiger partial charge in [-0.2, -0.15) is 0 Å². The van der Waals surface area contributed by atoms with Crippen molar-refractivity contribution >= 4 is 0 Å². The monoisotopic (exact) mass is 1170 g/mol. The van der Waals surface area contributed by atoms with Crippen LogP contribution in [0.15, 0.2) is 30.3 Å². The van der Waals surface area contributed by atoms with Crippen LogP contribution in [0.2, 0.25) is 0 Å². The van der Waals surface area contributed by atoms with Crippen molar-refractivity contribution in [1.29, 1.82) is 0 Å². The molecule has 0 saturated carbocycles. The summed E-state index contributed by atoms with van der Waals surface area (Å²) in [5.41, 5.74) is 1.02. The van der Waals surface area contributed by atoms with Gasteiger partial charge in [0.25, 0.3) is 0 Å². The molecule has 0 bridgehead atoms. The molecule has 2 heterocycles. The standard InChI is InChI=1S/C64H110O18/c1-6-8-10-12-14-16-18-20-22-24-26-74-57-46-55(47-58(50-57)75-27-25-23-21-19-17-15-13-11-9-7-2)62-79-51-64(52-80-62)53-81-63(82-54-64)56-48-59(76-43-40-71-37-34-68-31-28-65-3)61(78-45-42-73-39-36-70-33-30-67-5)60(49-56)77-44-41-72-38-35-69-32-29-66-4/h46-50,62-63H,6-45,51-54H2,1-5H3. The van der Waals surface area contributed by atoms with Gasteiger partial charge >= 0.3 is 0 Å². The van der Waals surface area contributed by atoms with E-state index in [4.69, 9.17) is 85.3 Å². The summed E-state index contributed by atoms with van der Waals surface area (Å²) < 4.78 is 107. The van der Waals surface area contributed by atoms with Gasteiger partial charge in [-0.25, -0.2) is 0 Å². The van der Waals surface area contributed by atoms with Crippen LogP contribution < -0.4 is 23.7 Å². The van der Waals surface area contributed by atoms with Gasteiger partial charge in [0.2, 0.25) is 5.75 Å². The quantitative estimate of drug-likeness (QED) is 0.0573. The van der Waals surface area contributed by atoms with Gasteiger partial charge < -0.3 is 85.3 Å². The highest BCUT2D eigenvalue weighted by atomic mass is 16.7. The summed E-state index contributed by atoms with van der Waals surface area (Å²) in [5, 5.41) is 0. The summed E-state index contributed by atoms with van der Waals surface area (Å²) in [7, 11) is 4.93. The summed E-state index contributed by atoms with van der Waals surface area (Å²) in [6.07, 6.45) is 24.2. The summed E-state index contributed by atoms with van der Waals surface area (Å²) in [6, 6.07) is 9.81. The van der Waals surface area contributed by atoms with Crippen molar-refractivity contribution in [3.8, 4) is 28.7 Å². The van der Waals surface area contributed by atoms with Crippen LogP contribution in [0.4, 0.5) is 0 Å². The minimum atomic E-state index is -0.746. The Labute approximate surface area is 493 Å². The number of methoxy groups -OCH3 is 3. The molecule has 0 radical (unpaired) electrons. The molecule has 4 rings (SSSR count). The highest BCUT2D eigenvalue weighted by molar-refractivity contribution is 5.54. The molecule has 2 aliphatic heterocycles. The summed E-state index contributed by atoms with van der Waals surface area (Å²) in [6.45, 7) is 14.5. The molecule has 2 saturated heterocycles. The van der Waals surface area contributed by atoms with Gasteiger partial charge in [-0.05, 0) is 37.1 Å². The molecule has 0 aromatic heterocycles. The van der Waals surface area contributed by atoms with Crippen LogP contribution in [0.1, 0.15) is 166 Å². The number of benzene rings is 2. The lowest BCUT2D eigenvalue weighted by molar-refractivity contribution is -0.307. The molecule has 0 atom stereocenters. The molecule has 1 spiro atoms. The molecule has 2 fully saturated rings. The van der Waals surface area contributed by atoms with Crippen molar-refractivity contribution in [3.05, 3.63) is 41.5 Å². The molecule has 474 valence electrons. The van der Waals surface area contributed by atoms with Gasteiger partial charge in [0.15, 0.2) is 24.1 Å². The number of hydrogen-bond donors (Lipinski definition) is 0. The SMILES string of the molecule is CCCCCCCCCCCCOc1cc(OCCCCCCCCCCCC)cc(C2OCC3(CO2)COC(c2cc(OCCOCCOCCOC)c(OCCOCCOCCOC)c(OCCOCCOCCOC)c2)OC3)c1. The van der Waals surface area contributed by atoms with Crippen LogP contribution in [0, 0.1) is 5.41 Å². The first-order valence-electron chi connectivity index (χ1n) is 31.4. The van der Waals surface area contributed by atoms with Crippen molar-refractivity contribution < 1.29 is 85.3 Å². The Hall–Kier alpha value is -3.08. The Kier molecular flexibility index (Phi) is 42.7. The van der Waals surface area contributed by atoms with E-state index >= 15 is 0 Å². The van der Waals surface area contributed by atoms with E-state index in [9.17, 15) is 0 Å². The van der Waals surface area contributed by atoms with E-state index in [0.29, 0.717) is 162 Å². The maximum absolute atomic E-state index is 6.54. The average molecular weight is 1170 g/mol. The van der Waals surface area contributed by atoms with Crippen molar-refractivity contribution in [1.82, 2.24) is 0 Å². The third-order valence-corrected chi connectivity index (χ3v) is 14.0. The van der Waals surface area contributed by atoms with Gasteiger partial charge in [-0.3, -0.25) is 0 Å². The lowest BCUT2D eigenvalue weighted by Gasteiger charge is -2.43. The second kappa shape index (κ2) is 49.1. The molecule has 2 aromatic rings. The Morgan fingerprint density at radius 3 is 0.951 bits per heavy atom. The van der Waals surface area contributed by atoms with E-state index in [1.54, 1.807) is 21.3 Å². The average Bonchev–Trinajstić information content (AvgIpc) is 3.67. The van der Waals surface area contributed by atoms with E-state index < -0.39 is 18.0 Å². The summed E-state index contributed by atoms with van der Waals surface area (Å²) in [4.78, 5) is 0. The lowest BCUT2D eigenvalue weighted by Crippen LogP contribution is -2.49. The Morgan fingerprint density at radius 1 is 0.317 bits per heavy atom. The van der Waals surface area contributed by atoms with Crippen molar-refractivity contribution in [3.63, 3.8) is 0 Å². The zero-order valence-electron chi connectivity index (χ0n) is 51.5. The Bertz CT molecular complexity index is 1680. The second-order valence-electron chi connectivity index (χ2n) is 21.3. The van der Waals surface area contributed by atoms with E-state index in [1.165, 1.54) is 103 Å². The van der Waals surface area contributed by atoms with E-state index in [2.05, 4.69) is 13.8 Å². The molecule has 0 amide bonds. The first kappa shape index (κ1) is 71.4. The first-order valence-corrected chi connectivity index (χ1v) is 31.4. The molecular formula is C64H110O18. The minimum Gasteiger partial charge on any atom is -0.493 e. The molecule has 2 aliphatic rings. The third-order valence-electron chi connectivity index (χ3n) is 14.0. The third kappa shape index (κ3) is 33.0. The van der Waals surface area contributed by atoms with Gasteiger partial charge in [0.05, 0.1) is 144 Å². The first-order chi connectivity index (χ1) is 40.5. The predicted octanol–water partition coefficient (Wildman–Crippen LogP) is 12.2. The topological polar surface area (TPSA) is 166 Å². The van der Waals surface area contributed by atoms with Gasteiger partial charge in [0, 0.05) is 38.5 Å². The fraction of sp³-hybridized carbons (Fsp3) is 0.812. The van der Waals surface area contributed by atoms with E-state index in [0.717, 1.165) is 42.7 Å².